The molecule has 0 aliphatic carbocycles. The van der Waals surface area contributed by atoms with Gasteiger partial charge in [-0.05, 0) is 23.8 Å². The number of rotatable bonds is 4. The zero-order valence-corrected chi connectivity index (χ0v) is 20.0. The highest BCUT2D eigenvalue weighted by atomic mass is 16.3. The fourth-order valence-corrected chi connectivity index (χ4v) is 4.89. The highest BCUT2D eigenvalue weighted by Gasteiger charge is 2.14. The van der Waals surface area contributed by atoms with E-state index in [1.54, 1.807) is 0 Å². The molecule has 7 rings (SSSR count). The molecule has 5 aromatic carbocycles. The fraction of sp³-hybridized carbons (Fsp3) is 0. The van der Waals surface area contributed by atoms with Crippen molar-refractivity contribution in [1.29, 1.82) is 0 Å². The van der Waals surface area contributed by atoms with E-state index in [0.29, 0.717) is 5.82 Å². The SMILES string of the molecule is c1ccc(-c2cc(-c3ccccc3)nc(-c3cccc(-c4cccc5c4oc4ccccc45)c3)n2)cc1. The Morgan fingerprint density at radius 2 is 1.00 bits per heavy atom. The van der Waals surface area contributed by atoms with Gasteiger partial charge in [0.15, 0.2) is 5.82 Å². The van der Waals surface area contributed by atoms with Gasteiger partial charge < -0.3 is 4.42 Å². The Morgan fingerprint density at radius 1 is 0.432 bits per heavy atom. The predicted octanol–water partition coefficient (Wildman–Crippen LogP) is 9.04. The minimum atomic E-state index is 0.693. The molecule has 0 N–H and O–H groups in total. The van der Waals surface area contributed by atoms with Crippen molar-refractivity contribution in [3.8, 4) is 45.0 Å². The van der Waals surface area contributed by atoms with Gasteiger partial charge in [-0.15, -0.1) is 0 Å². The molecule has 0 unspecified atom stereocenters. The lowest BCUT2D eigenvalue weighted by molar-refractivity contribution is 0.670. The van der Waals surface area contributed by atoms with Gasteiger partial charge in [-0.25, -0.2) is 9.97 Å². The van der Waals surface area contributed by atoms with Gasteiger partial charge in [-0.1, -0.05) is 115 Å². The number of furan rings is 1. The summed E-state index contributed by atoms with van der Waals surface area (Å²) in [7, 11) is 0. The molecule has 0 amide bonds. The maximum atomic E-state index is 6.31. The van der Waals surface area contributed by atoms with Crippen LogP contribution in [0.15, 0.2) is 138 Å². The van der Waals surface area contributed by atoms with E-state index >= 15 is 0 Å². The van der Waals surface area contributed by atoms with Crippen LogP contribution in [0.3, 0.4) is 0 Å². The Bertz CT molecular complexity index is 1810. The second-order valence-corrected chi connectivity index (χ2v) is 9.06. The topological polar surface area (TPSA) is 38.9 Å². The largest absolute Gasteiger partial charge is 0.455 e. The van der Waals surface area contributed by atoms with E-state index in [9.17, 15) is 0 Å². The summed E-state index contributed by atoms with van der Waals surface area (Å²) in [5.74, 6) is 0.693. The molecule has 0 atom stereocenters. The van der Waals surface area contributed by atoms with Crippen LogP contribution in [0.1, 0.15) is 0 Å². The normalized spacial score (nSPS) is 11.2. The molecule has 0 bridgehead atoms. The van der Waals surface area contributed by atoms with Crippen molar-refractivity contribution in [2.45, 2.75) is 0 Å². The van der Waals surface area contributed by atoms with E-state index in [4.69, 9.17) is 14.4 Å². The molecule has 0 fully saturated rings. The molecule has 0 saturated heterocycles. The average Bonchev–Trinajstić information content (AvgIpc) is 3.37. The third kappa shape index (κ3) is 3.87. The zero-order valence-electron chi connectivity index (χ0n) is 20.0. The van der Waals surface area contributed by atoms with Crippen molar-refractivity contribution < 1.29 is 4.42 Å². The molecule has 7 aromatic rings. The summed E-state index contributed by atoms with van der Waals surface area (Å²) >= 11 is 0. The molecule has 3 nitrogen and oxygen atoms in total. The van der Waals surface area contributed by atoms with Gasteiger partial charge in [-0.3, -0.25) is 0 Å². The van der Waals surface area contributed by atoms with Crippen LogP contribution in [-0.2, 0) is 0 Å². The van der Waals surface area contributed by atoms with Gasteiger partial charge in [0, 0.05) is 33.0 Å². The summed E-state index contributed by atoms with van der Waals surface area (Å²) < 4.78 is 6.31. The van der Waals surface area contributed by atoms with Gasteiger partial charge in [0.2, 0.25) is 0 Å². The minimum Gasteiger partial charge on any atom is -0.455 e. The van der Waals surface area contributed by atoms with Crippen molar-refractivity contribution in [2.24, 2.45) is 0 Å². The first-order chi connectivity index (χ1) is 18.3. The number of hydrogen-bond donors (Lipinski definition) is 0. The van der Waals surface area contributed by atoms with Gasteiger partial charge >= 0.3 is 0 Å². The second-order valence-electron chi connectivity index (χ2n) is 9.06. The van der Waals surface area contributed by atoms with Crippen LogP contribution in [0.4, 0.5) is 0 Å². The zero-order chi connectivity index (χ0) is 24.6. The van der Waals surface area contributed by atoms with E-state index in [1.165, 1.54) is 0 Å². The van der Waals surface area contributed by atoms with Crippen LogP contribution in [0.25, 0.3) is 67.0 Å². The lowest BCUT2D eigenvalue weighted by Gasteiger charge is -2.10. The molecule has 2 heterocycles. The molecular formula is C34H22N2O. The first-order valence-electron chi connectivity index (χ1n) is 12.3. The van der Waals surface area contributed by atoms with E-state index in [2.05, 4.69) is 78.9 Å². The summed E-state index contributed by atoms with van der Waals surface area (Å²) in [4.78, 5) is 9.99. The minimum absolute atomic E-state index is 0.693. The monoisotopic (exact) mass is 474 g/mol. The number of benzene rings is 5. The highest BCUT2D eigenvalue weighted by molar-refractivity contribution is 6.09. The van der Waals surface area contributed by atoms with E-state index in [1.807, 2.05) is 54.6 Å². The Balaban J connectivity index is 1.40. The number of hydrogen-bond acceptors (Lipinski definition) is 3. The standard InChI is InChI=1S/C34H22N2O/c1-3-11-23(12-4-1)30-22-31(24-13-5-2-6-14-24)36-34(35-30)26-16-9-15-25(21-26)27-18-10-19-29-28-17-7-8-20-32(28)37-33(27)29/h1-22H. The number of fused-ring (bicyclic) bond motifs is 3. The van der Waals surface area contributed by atoms with Crippen LogP contribution in [0.5, 0.6) is 0 Å². The molecule has 174 valence electrons. The van der Waals surface area contributed by atoms with Crippen molar-refractivity contribution in [3.63, 3.8) is 0 Å². The van der Waals surface area contributed by atoms with Crippen molar-refractivity contribution in [3.05, 3.63) is 133 Å². The third-order valence-electron chi connectivity index (χ3n) is 6.70. The van der Waals surface area contributed by atoms with Crippen LogP contribution < -0.4 is 0 Å². The predicted molar refractivity (Wildman–Crippen MR) is 151 cm³/mol. The molecule has 3 heteroatoms. The van der Waals surface area contributed by atoms with Crippen molar-refractivity contribution in [2.75, 3.05) is 0 Å². The number of nitrogens with zero attached hydrogens (tertiary/aromatic N) is 2. The third-order valence-corrected chi connectivity index (χ3v) is 6.70. The summed E-state index contributed by atoms with van der Waals surface area (Å²) in [5.41, 5.74) is 8.79. The molecule has 0 aliphatic rings. The van der Waals surface area contributed by atoms with Crippen LogP contribution >= 0.6 is 0 Å². The first kappa shape index (κ1) is 21.3. The van der Waals surface area contributed by atoms with Crippen LogP contribution in [-0.4, -0.2) is 9.97 Å². The summed E-state index contributed by atoms with van der Waals surface area (Å²) in [6.07, 6.45) is 0. The quantitative estimate of drug-likeness (QED) is 0.255. The Labute approximate surface area is 214 Å². The van der Waals surface area contributed by atoms with Crippen molar-refractivity contribution >= 4 is 21.9 Å². The molecule has 0 aliphatic heterocycles. The summed E-state index contributed by atoms with van der Waals surface area (Å²) in [6.45, 7) is 0. The van der Waals surface area contributed by atoms with E-state index in [-0.39, 0.29) is 0 Å². The average molecular weight is 475 g/mol. The van der Waals surface area contributed by atoms with E-state index < -0.39 is 0 Å². The maximum Gasteiger partial charge on any atom is 0.160 e. The fourth-order valence-electron chi connectivity index (χ4n) is 4.89. The molecule has 37 heavy (non-hydrogen) atoms. The van der Waals surface area contributed by atoms with Gasteiger partial charge in [0.1, 0.15) is 11.2 Å². The Kier molecular flexibility index (Phi) is 5.11. The first-order valence-corrected chi connectivity index (χ1v) is 12.3. The Morgan fingerprint density at radius 3 is 1.73 bits per heavy atom. The smallest absolute Gasteiger partial charge is 0.160 e. The highest BCUT2D eigenvalue weighted by Crippen LogP contribution is 2.37. The second kappa shape index (κ2) is 8.89. The van der Waals surface area contributed by atoms with Gasteiger partial charge in [0.25, 0.3) is 0 Å². The molecule has 2 aromatic heterocycles. The van der Waals surface area contributed by atoms with Crippen LogP contribution in [0.2, 0.25) is 0 Å². The van der Waals surface area contributed by atoms with Crippen molar-refractivity contribution in [1.82, 2.24) is 9.97 Å². The van der Waals surface area contributed by atoms with Crippen LogP contribution in [0, 0.1) is 0 Å². The lowest BCUT2D eigenvalue weighted by atomic mass is 10.00. The molecule has 0 radical (unpaired) electrons. The van der Waals surface area contributed by atoms with E-state index in [0.717, 1.165) is 61.1 Å². The summed E-state index contributed by atoms with van der Waals surface area (Å²) in [6, 6.07) is 45.5. The van der Waals surface area contributed by atoms with Gasteiger partial charge in [0.05, 0.1) is 11.4 Å². The number of para-hydroxylation sites is 2. The molecule has 0 spiro atoms. The maximum absolute atomic E-state index is 6.31. The molecule has 0 saturated carbocycles. The molecular weight excluding hydrogens is 452 g/mol. The Hall–Kier alpha value is -5.02. The van der Waals surface area contributed by atoms with Gasteiger partial charge in [-0.2, -0.15) is 0 Å². The lowest BCUT2D eigenvalue weighted by Crippen LogP contribution is -1.96. The number of aromatic nitrogens is 2. The summed E-state index contributed by atoms with van der Waals surface area (Å²) in [5, 5.41) is 2.24.